The van der Waals surface area contributed by atoms with Crippen LogP contribution >= 0.6 is 0 Å². The van der Waals surface area contributed by atoms with Crippen LogP contribution in [0.3, 0.4) is 0 Å². The molecule has 3 N–H and O–H groups in total. The van der Waals surface area contributed by atoms with Gasteiger partial charge in [-0.1, -0.05) is 18.2 Å². The number of imidazole rings is 1. The van der Waals surface area contributed by atoms with Crippen molar-refractivity contribution in [1.82, 2.24) is 19.7 Å². The van der Waals surface area contributed by atoms with E-state index in [-0.39, 0.29) is 16.9 Å². The number of aromatic nitrogens is 4. The standard InChI is InChI=1S/C18H15N5O3/c1-2-23-17(25)12-6-4-3-5-11(12)15(22-23)16(24)19-10-7-8-13-14(9-10)21-18(26)20-13/h3-9H,2H2,1H3,(H,19,24)(H2,20,21,26). The molecule has 0 saturated carbocycles. The third kappa shape index (κ3) is 2.57. The predicted molar refractivity (Wildman–Crippen MR) is 98.5 cm³/mol. The van der Waals surface area contributed by atoms with Gasteiger partial charge in [0, 0.05) is 17.6 Å². The average molecular weight is 349 g/mol. The molecule has 8 heteroatoms. The summed E-state index contributed by atoms with van der Waals surface area (Å²) < 4.78 is 1.27. The lowest BCUT2D eigenvalue weighted by Crippen LogP contribution is -2.27. The van der Waals surface area contributed by atoms with Gasteiger partial charge in [-0.3, -0.25) is 9.59 Å². The highest BCUT2D eigenvalue weighted by molar-refractivity contribution is 6.11. The van der Waals surface area contributed by atoms with Crippen molar-refractivity contribution in [2.75, 3.05) is 5.32 Å². The van der Waals surface area contributed by atoms with E-state index in [4.69, 9.17) is 0 Å². The Morgan fingerprint density at radius 1 is 1.08 bits per heavy atom. The maximum atomic E-state index is 12.8. The molecule has 4 rings (SSSR count). The zero-order valence-corrected chi connectivity index (χ0v) is 13.9. The van der Waals surface area contributed by atoms with Crippen molar-refractivity contribution in [2.24, 2.45) is 0 Å². The fourth-order valence-electron chi connectivity index (χ4n) is 2.92. The number of fused-ring (bicyclic) bond motifs is 2. The highest BCUT2D eigenvalue weighted by atomic mass is 16.2. The number of benzene rings is 2. The van der Waals surface area contributed by atoms with E-state index in [0.29, 0.717) is 34.0 Å². The van der Waals surface area contributed by atoms with Crippen LogP contribution in [-0.4, -0.2) is 25.7 Å². The third-order valence-corrected chi connectivity index (χ3v) is 4.16. The largest absolute Gasteiger partial charge is 0.323 e. The molecule has 2 aromatic heterocycles. The summed E-state index contributed by atoms with van der Waals surface area (Å²) >= 11 is 0. The molecule has 0 atom stereocenters. The Bertz CT molecular complexity index is 1270. The number of aromatic amines is 2. The van der Waals surface area contributed by atoms with Crippen LogP contribution in [-0.2, 0) is 6.54 Å². The van der Waals surface area contributed by atoms with Gasteiger partial charge in [0.25, 0.3) is 11.5 Å². The first-order valence-corrected chi connectivity index (χ1v) is 8.10. The quantitative estimate of drug-likeness (QED) is 0.524. The molecule has 130 valence electrons. The molecule has 0 aliphatic rings. The molecule has 0 bridgehead atoms. The fraction of sp³-hybridized carbons (Fsp3) is 0.111. The SMILES string of the molecule is CCn1nc(C(=O)Nc2ccc3[nH]c(=O)[nH]c3c2)c2ccccc2c1=O. The Hall–Kier alpha value is -3.68. The normalized spacial score (nSPS) is 11.1. The maximum absolute atomic E-state index is 12.8. The molecule has 0 aliphatic heterocycles. The van der Waals surface area contributed by atoms with Crippen LogP contribution in [0, 0.1) is 0 Å². The van der Waals surface area contributed by atoms with Crippen LogP contribution in [0.1, 0.15) is 17.4 Å². The monoisotopic (exact) mass is 349 g/mol. The Morgan fingerprint density at radius 2 is 1.81 bits per heavy atom. The second-order valence-electron chi connectivity index (χ2n) is 5.81. The van der Waals surface area contributed by atoms with Crippen LogP contribution in [0.2, 0.25) is 0 Å². The molecule has 0 spiro atoms. The lowest BCUT2D eigenvalue weighted by molar-refractivity contribution is 0.102. The van der Waals surface area contributed by atoms with E-state index >= 15 is 0 Å². The van der Waals surface area contributed by atoms with Crippen molar-refractivity contribution in [3.05, 3.63) is 69.0 Å². The summed E-state index contributed by atoms with van der Waals surface area (Å²) in [6.07, 6.45) is 0. The van der Waals surface area contributed by atoms with Gasteiger partial charge in [0.2, 0.25) is 0 Å². The Kier molecular flexibility index (Phi) is 3.65. The Morgan fingerprint density at radius 3 is 2.58 bits per heavy atom. The van der Waals surface area contributed by atoms with Gasteiger partial charge < -0.3 is 15.3 Å². The number of carbonyl (C=O) groups is 1. The number of aryl methyl sites for hydroxylation is 1. The number of H-pyrrole nitrogens is 2. The van der Waals surface area contributed by atoms with Crippen LogP contribution < -0.4 is 16.6 Å². The number of amides is 1. The van der Waals surface area contributed by atoms with Crippen molar-refractivity contribution in [3.63, 3.8) is 0 Å². The summed E-state index contributed by atoms with van der Waals surface area (Å²) in [5.41, 5.74) is 1.37. The van der Waals surface area contributed by atoms with Gasteiger partial charge in [-0.2, -0.15) is 5.10 Å². The fourth-order valence-corrected chi connectivity index (χ4v) is 2.92. The lowest BCUT2D eigenvalue weighted by Gasteiger charge is -2.10. The molecule has 0 aliphatic carbocycles. The average Bonchev–Trinajstić information content (AvgIpc) is 3.01. The number of hydrogen-bond donors (Lipinski definition) is 3. The molecule has 0 unspecified atom stereocenters. The minimum atomic E-state index is -0.430. The highest BCUT2D eigenvalue weighted by Crippen LogP contribution is 2.18. The van der Waals surface area contributed by atoms with E-state index in [0.717, 1.165) is 0 Å². The number of rotatable bonds is 3. The van der Waals surface area contributed by atoms with E-state index in [1.165, 1.54) is 4.68 Å². The zero-order chi connectivity index (χ0) is 18.3. The first kappa shape index (κ1) is 15.8. The molecule has 26 heavy (non-hydrogen) atoms. The Labute approximate surface area is 146 Å². The van der Waals surface area contributed by atoms with Gasteiger partial charge in [0.15, 0.2) is 5.69 Å². The van der Waals surface area contributed by atoms with Gasteiger partial charge in [0.1, 0.15) is 0 Å². The van der Waals surface area contributed by atoms with Crippen molar-refractivity contribution in [3.8, 4) is 0 Å². The minimum Gasteiger partial charge on any atom is -0.320 e. The third-order valence-electron chi connectivity index (χ3n) is 4.16. The number of nitrogens with zero attached hydrogens (tertiary/aromatic N) is 2. The van der Waals surface area contributed by atoms with Gasteiger partial charge in [-0.15, -0.1) is 0 Å². The van der Waals surface area contributed by atoms with Crippen LogP contribution in [0.15, 0.2) is 52.1 Å². The van der Waals surface area contributed by atoms with Crippen molar-refractivity contribution in [1.29, 1.82) is 0 Å². The van der Waals surface area contributed by atoms with Gasteiger partial charge in [0.05, 0.1) is 16.4 Å². The molecule has 2 heterocycles. The van der Waals surface area contributed by atoms with Crippen LogP contribution in [0.4, 0.5) is 5.69 Å². The molecule has 2 aromatic carbocycles. The predicted octanol–water partition coefficient (Wildman–Crippen LogP) is 1.84. The van der Waals surface area contributed by atoms with Crippen molar-refractivity contribution < 1.29 is 4.79 Å². The lowest BCUT2D eigenvalue weighted by atomic mass is 10.1. The van der Waals surface area contributed by atoms with Gasteiger partial charge >= 0.3 is 5.69 Å². The molecule has 0 radical (unpaired) electrons. The maximum Gasteiger partial charge on any atom is 0.323 e. The first-order chi connectivity index (χ1) is 12.6. The number of nitrogens with one attached hydrogen (secondary N) is 3. The highest BCUT2D eigenvalue weighted by Gasteiger charge is 2.16. The van der Waals surface area contributed by atoms with Crippen LogP contribution in [0.5, 0.6) is 0 Å². The molecule has 0 saturated heterocycles. The van der Waals surface area contributed by atoms with Crippen molar-refractivity contribution >= 4 is 33.4 Å². The molecular weight excluding hydrogens is 334 g/mol. The molecule has 4 aromatic rings. The molecule has 0 fully saturated rings. The molecule has 1 amide bonds. The van der Waals surface area contributed by atoms with E-state index in [1.807, 2.05) is 0 Å². The van der Waals surface area contributed by atoms with Crippen molar-refractivity contribution in [2.45, 2.75) is 13.5 Å². The number of carbonyl (C=O) groups excluding carboxylic acids is 1. The summed E-state index contributed by atoms with van der Waals surface area (Å²) in [6, 6.07) is 11.9. The molecular formula is C18H15N5O3. The summed E-state index contributed by atoms with van der Waals surface area (Å²) in [5.74, 6) is -0.430. The van der Waals surface area contributed by atoms with E-state index in [1.54, 1.807) is 49.4 Å². The second kappa shape index (κ2) is 5.99. The topological polar surface area (TPSA) is 113 Å². The van der Waals surface area contributed by atoms with Crippen LogP contribution in [0.25, 0.3) is 21.8 Å². The summed E-state index contributed by atoms with van der Waals surface area (Å²) in [7, 11) is 0. The van der Waals surface area contributed by atoms with E-state index in [9.17, 15) is 14.4 Å². The van der Waals surface area contributed by atoms with E-state index < -0.39 is 5.91 Å². The number of anilines is 1. The second-order valence-corrected chi connectivity index (χ2v) is 5.81. The van der Waals surface area contributed by atoms with Gasteiger partial charge in [-0.25, -0.2) is 9.48 Å². The Balaban J connectivity index is 1.78. The summed E-state index contributed by atoms with van der Waals surface area (Å²) in [4.78, 5) is 41.8. The zero-order valence-electron chi connectivity index (χ0n) is 13.9. The van der Waals surface area contributed by atoms with Gasteiger partial charge in [-0.05, 0) is 31.2 Å². The first-order valence-electron chi connectivity index (χ1n) is 8.10. The smallest absolute Gasteiger partial charge is 0.320 e. The van der Waals surface area contributed by atoms with E-state index in [2.05, 4.69) is 20.4 Å². The summed E-state index contributed by atoms with van der Waals surface area (Å²) in [6.45, 7) is 2.15. The molecule has 8 nitrogen and oxygen atoms in total. The number of hydrogen-bond acceptors (Lipinski definition) is 4. The minimum absolute atomic E-state index is 0.171. The summed E-state index contributed by atoms with van der Waals surface area (Å²) in [5, 5.41) is 7.92.